The predicted octanol–water partition coefficient (Wildman–Crippen LogP) is 4.33. The lowest BCUT2D eigenvalue weighted by atomic mass is 9.82. The molecule has 0 amide bonds. The molecule has 0 saturated heterocycles. The molecular weight excluding hydrogens is 262 g/mol. The van der Waals surface area contributed by atoms with E-state index in [2.05, 4.69) is 20.8 Å². The van der Waals surface area contributed by atoms with Gasteiger partial charge in [0.1, 0.15) is 0 Å². The zero-order valence-corrected chi connectivity index (χ0v) is 13.2. The Labute approximate surface area is 125 Å². The van der Waals surface area contributed by atoms with Crippen molar-refractivity contribution in [1.29, 1.82) is 0 Å². The first-order valence-electron chi connectivity index (χ1n) is 7.41. The molecular formula is C18H21NO2. The van der Waals surface area contributed by atoms with E-state index in [1.54, 1.807) is 0 Å². The Morgan fingerprint density at radius 2 is 1.90 bits per heavy atom. The second-order valence-corrected chi connectivity index (χ2v) is 6.96. The van der Waals surface area contributed by atoms with Gasteiger partial charge in [0.15, 0.2) is 0 Å². The van der Waals surface area contributed by atoms with Crippen molar-refractivity contribution in [1.82, 2.24) is 4.98 Å². The highest BCUT2D eigenvalue weighted by Gasteiger charge is 2.40. The molecule has 0 fully saturated rings. The summed E-state index contributed by atoms with van der Waals surface area (Å²) in [5.41, 5.74) is 5.10. The Kier molecular flexibility index (Phi) is 2.88. The highest BCUT2D eigenvalue weighted by Crippen LogP contribution is 2.48. The number of hydrogen-bond donors (Lipinski definition) is 1. The third-order valence-electron chi connectivity index (χ3n) is 4.75. The molecule has 3 rings (SSSR count). The van der Waals surface area contributed by atoms with Gasteiger partial charge in [0.25, 0.3) is 0 Å². The highest BCUT2D eigenvalue weighted by molar-refractivity contribution is 6.06. The van der Waals surface area contributed by atoms with Gasteiger partial charge in [-0.1, -0.05) is 32.9 Å². The molecule has 2 aromatic rings. The van der Waals surface area contributed by atoms with Gasteiger partial charge in [0.2, 0.25) is 0 Å². The summed E-state index contributed by atoms with van der Waals surface area (Å²) in [5, 5.41) is 10.7. The van der Waals surface area contributed by atoms with Crippen LogP contribution in [0.4, 0.5) is 0 Å². The number of carboxylic acid groups (broad SMARTS) is 1. The Balaban J connectivity index is 2.58. The van der Waals surface area contributed by atoms with Crippen LogP contribution in [0.1, 0.15) is 65.9 Å². The molecule has 1 aliphatic carbocycles. The SMILES string of the molecule is Cc1ccc(C)c2c(C(=O)O)c3c(nc12)C(C)CC3(C)C. The van der Waals surface area contributed by atoms with Crippen LogP contribution in [0, 0.1) is 13.8 Å². The van der Waals surface area contributed by atoms with Gasteiger partial charge >= 0.3 is 5.97 Å². The van der Waals surface area contributed by atoms with Crippen molar-refractivity contribution < 1.29 is 9.90 Å². The summed E-state index contributed by atoms with van der Waals surface area (Å²) in [7, 11) is 0. The summed E-state index contributed by atoms with van der Waals surface area (Å²) in [6, 6.07) is 4.01. The van der Waals surface area contributed by atoms with Crippen LogP contribution < -0.4 is 0 Å². The Bertz CT molecular complexity index is 775. The fourth-order valence-electron chi connectivity index (χ4n) is 3.91. The van der Waals surface area contributed by atoms with E-state index < -0.39 is 5.97 Å². The van der Waals surface area contributed by atoms with Crippen LogP contribution in [0.25, 0.3) is 10.9 Å². The number of carboxylic acids is 1. The molecule has 3 heteroatoms. The number of fused-ring (bicyclic) bond motifs is 2. The predicted molar refractivity (Wildman–Crippen MR) is 84.2 cm³/mol. The van der Waals surface area contributed by atoms with Gasteiger partial charge in [0.05, 0.1) is 11.1 Å². The smallest absolute Gasteiger partial charge is 0.336 e. The first kappa shape index (κ1) is 14.1. The van der Waals surface area contributed by atoms with Gasteiger partial charge in [-0.05, 0) is 48.3 Å². The lowest BCUT2D eigenvalue weighted by Gasteiger charge is -2.22. The Hall–Kier alpha value is -1.90. The minimum atomic E-state index is -0.838. The summed E-state index contributed by atoms with van der Waals surface area (Å²) in [5.74, 6) is -0.535. The van der Waals surface area contributed by atoms with Crippen LogP contribution in [-0.4, -0.2) is 16.1 Å². The third-order valence-corrected chi connectivity index (χ3v) is 4.75. The molecule has 110 valence electrons. The van der Waals surface area contributed by atoms with E-state index in [-0.39, 0.29) is 5.41 Å². The van der Waals surface area contributed by atoms with Crippen molar-refractivity contribution in [2.45, 2.75) is 52.4 Å². The normalized spacial score (nSPS) is 19.8. The molecule has 1 aliphatic rings. The van der Waals surface area contributed by atoms with Gasteiger partial charge in [0, 0.05) is 11.1 Å². The van der Waals surface area contributed by atoms with Crippen molar-refractivity contribution >= 4 is 16.9 Å². The quantitative estimate of drug-likeness (QED) is 0.847. The third kappa shape index (κ3) is 1.87. The van der Waals surface area contributed by atoms with Crippen molar-refractivity contribution in [3.05, 3.63) is 40.1 Å². The van der Waals surface area contributed by atoms with E-state index in [4.69, 9.17) is 4.98 Å². The van der Waals surface area contributed by atoms with E-state index in [0.717, 1.165) is 39.7 Å². The van der Waals surface area contributed by atoms with Gasteiger partial charge in [-0.2, -0.15) is 0 Å². The van der Waals surface area contributed by atoms with E-state index in [1.165, 1.54) is 0 Å². The number of aromatic carboxylic acids is 1. The summed E-state index contributed by atoms with van der Waals surface area (Å²) < 4.78 is 0. The number of aryl methyl sites for hydroxylation is 2. The Morgan fingerprint density at radius 1 is 1.29 bits per heavy atom. The molecule has 0 saturated carbocycles. The van der Waals surface area contributed by atoms with Crippen LogP contribution in [-0.2, 0) is 5.41 Å². The monoisotopic (exact) mass is 283 g/mol. The summed E-state index contributed by atoms with van der Waals surface area (Å²) in [6.07, 6.45) is 0.948. The molecule has 21 heavy (non-hydrogen) atoms. The van der Waals surface area contributed by atoms with Gasteiger partial charge in [-0.25, -0.2) is 4.79 Å². The largest absolute Gasteiger partial charge is 0.478 e. The molecule has 1 aromatic carbocycles. The van der Waals surface area contributed by atoms with Gasteiger partial charge in [-0.15, -0.1) is 0 Å². The fraction of sp³-hybridized carbons (Fsp3) is 0.444. The van der Waals surface area contributed by atoms with Crippen LogP contribution in [0.15, 0.2) is 12.1 Å². The summed E-state index contributed by atoms with van der Waals surface area (Å²) >= 11 is 0. The van der Waals surface area contributed by atoms with Crippen molar-refractivity contribution in [2.24, 2.45) is 0 Å². The highest BCUT2D eigenvalue weighted by atomic mass is 16.4. The number of benzene rings is 1. The lowest BCUT2D eigenvalue weighted by molar-refractivity contribution is 0.0696. The molecule has 1 heterocycles. The van der Waals surface area contributed by atoms with E-state index >= 15 is 0 Å². The van der Waals surface area contributed by atoms with Crippen molar-refractivity contribution in [2.75, 3.05) is 0 Å². The molecule has 3 nitrogen and oxygen atoms in total. The molecule has 0 spiro atoms. The van der Waals surface area contributed by atoms with Crippen LogP contribution in [0.3, 0.4) is 0 Å². The van der Waals surface area contributed by atoms with E-state index in [1.807, 2.05) is 26.0 Å². The average molecular weight is 283 g/mol. The molecule has 1 N–H and O–H groups in total. The first-order chi connectivity index (χ1) is 9.74. The van der Waals surface area contributed by atoms with Gasteiger partial charge < -0.3 is 5.11 Å². The number of rotatable bonds is 1. The number of pyridine rings is 1. The van der Waals surface area contributed by atoms with Crippen LogP contribution >= 0.6 is 0 Å². The zero-order valence-electron chi connectivity index (χ0n) is 13.2. The van der Waals surface area contributed by atoms with Crippen molar-refractivity contribution in [3.8, 4) is 0 Å². The fourth-order valence-corrected chi connectivity index (χ4v) is 3.91. The maximum absolute atomic E-state index is 12.0. The van der Waals surface area contributed by atoms with Gasteiger partial charge in [-0.3, -0.25) is 4.98 Å². The standard InChI is InChI=1S/C18H21NO2/c1-9-6-7-10(2)15-12(9)13(17(20)21)14-16(19-15)11(3)8-18(14,4)5/h6-7,11H,8H2,1-5H3,(H,20,21). The van der Waals surface area contributed by atoms with Crippen LogP contribution in [0.2, 0.25) is 0 Å². The Morgan fingerprint density at radius 3 is 2.52 bits per heavy atom. The van der Waals surface area contributed by atoms with Crippen molar-refractivity contribution in [3.63, 3.8) is 0 Å². The number of aromatic nitrogens is 1. The number of carbonyl (C=O) groups is 1. The van der Waals surface area contributed by atoms with E-state index in [9.17, 15) is 9.90 Å². The lowest BCUT2D eigenvalue weighted by Crippen LogP contribution is -2.18. The minimum absolute atomic E-state index is 0.139. The minimum Gasteiger partial charge on any atom is -0.478 e. The molecule has 0 radical (unpaired) electrons. The molecule has 0 aliphatic heterocycles. The summed E-state index contributed by atoms with van der Waals surface area (Å²) in [6.45, 7) is 10.4. The zero-order chi connectivity index (χ0) is 15.5. The van der Waals surface area contributed by atoms with Crippen LogP contribution in [0.5, 0.6) is 0 Å². The second-order valence-electron chi connectivity index (χ2n) is 6.96. The topological polar surface area (TPSA) is 50.2 Å². The summed E-state index contributed by atoms with van der Waals surface area (Å²) in [4.78, 5) is 16.9. The van der Waals surface area contributed by atoms with E-state index in [0.29, 0.717) is 11.5 Å². The maximum atomic E-state index is 12.0. The second kappa shape index (κ2) is 4.30. The molecule has 1 atom stereocenters. The molecule has 1 unspecified atom stereocenters. The maximum Gasteiger partial charge on any atom is 0.336 e. The first-order valence-corrected chi connectivity index (χ1v) is 7.41. The average Bonchev–Trinajstić information content (AvgIpc) is 2.62. The molecule has 1 aromatic heterocycles. The molecule has 0 bridgehead atoms. The number of nitrogens with zero attached hydrogens (tertiary/aromatic N) is 1. The number of hydrogen-bond acceptors (Lipinski definition) is 2.